The summed E-state index contributed by atoms with van der Waals surface area (Å²) >= 11 is 0. The van der Waals surface area contributed by atoms with E-state index in [-0.39, 0.29) is 22.6 Å². The highest BCUT2D eigenvalue weighted by Crippen LogP contribution is 2.49. The number of nitrogens with zero attached hydrogens (tertiary/aromatic N) is 3. The normalized spacial score (nSPS) is 22.1. The number of fused-ring (bicyclic) bond motifs is 1. The van der Waals surface area contributed by atoms with Gasteiger partial charge >= 0.3 is 12.1 Å². The molecule has 7 nitrogen and oxygen atoms in total. The molecule has 0 N–H and O–H groups in total. The summed E-state index contributed by atoms with van der Waals surface area (Å²) in [5.41, 5.74) is -3.16. The number of rotatable bonds is 3. The van der Waals surface area contributed by atoms with E-state index in [1.54, 1.807) is 0 Å². The Balaban J connectivity index is 1.90. The van der Waals surface area contributed by atoms with Crippen molar-refractivity contribution in [1.82, 2.24) is 14.8 Å². The minimum atomic E-state index is -4.97. The lowest BCUT2D eigenvalue weighted by atomic mass is 10.1. The van der Waals surface area contributed by atoms with Gasteiger partial charge in [-0.25, -0.2) is 4.79 Å². The maximum Gasteiger partial charge on any atom is 0.435 e. The summed E-state index contributed by atoms with van der Waals surface area (Å²) in [6, 6.07) is 0. The van der Waals surface area contributed by atoms with Crippen molar-refractivity contribution in [3.8, 4) is 0 Å². The molecule has 1 aromatic rings. The van der Waals surface area contributed by atoms with Gasteiger partial charge in [-0.15, -0.1) is 5.06 Å². The molecule has 1 aliphatic heterocycles. The zero-order valence-corrected chi connectivity index (χ0v) is 13.3. The van der Waals surface area contributed by atoms with Crippen molar-refractivity contribution in [2.75, 3.05) is 0 Å². The van der Waals surface area contributed by atoms with Crippen molar-refractivity contribution in [3.63, 3.8) is 0 Å². The first-order valence-electron chi connectivity index (χ1n) is 7.54. The summed E-state index contributed by atoms with van der Waals surface area (Å²) in [5.74, 6) is -7.98. The van der Waals surface area contributed by atoms with Gasteiger partial charge in [-0.1, -0.05) is 6.92 Å². The van der Waals surface area contributed by atoms with Gasteiger partial charge in [0.05, 0.1) is 0 Å². The molecule has 0 bridgehead atoms. The Morgan fingerprint density at radius 3 is 2.38 bits per heavy atom. The van der Waals surface area contributed by atoms with Gasteiger partial charge in [0.1, 0.15) is 12.2 Å². The Labute approximate surface area is 142 Å². The second kappa shape index (κ2) is 5.74. The van der Waals surface area contributed by atoms with Crippen LogP contribution in [0.3, 0.4) is 0 Å². The molecule has 26 heavy (non-hydrogen) atoms. The van der Waals surface area contributed by atoms with Crippen LogP contribution in [0.5, 0.6) is 0 Å². The largest absolute Gasteiger partial charge is 0.435 e. The fraction of sp³-hybridized carbons (Fsp3) is 0.571. The third-order valence-corrected chi connectivity index (χ3v) is 4.24. The van der Waals surface area contributed by atoms with Crippen molar-refractivity contribution in [2.24, 2.45) is 5.92 Å². The highest BCUT2D eigenvalue weighted by molar-refractivity contribution is 6.01. The first-order chi connectivity index (χ1) is 11.9. The van der Waals surface area contributed by atoms with E-state index in [9.17, 15) is 36.3 Å². The Hall–Kier alpha value is -2.53. The van der Waals surface area contributed by atoms with Crippen LogP contribution in [0, 0.1) is 5.92 Å². The lowest BCUT2D eigenvalue weighted by molar-refractivity contribution is -0.198. The number of halogens is 5. The smallest absolute Gasteiger partial charge is 0.328 e. The molecule has 2 amide bonds. The van der Waals surface area contributed by atoms with Gasteiger partial charge < -0.3 is 4.84 Å². The lowest BCUT2D eigenvalue weighted by Gasteiger charge is -2.18. The van der Waals surface area contributed by atoms with Gasteiger partial charge in [0.15, 0.2) is 5.69 Å². The average Bonchev–Trinajstić information content (AvgIpc) is 3.09. The van der Waals surface area contributed by atoms with Crippen molar-refractivity contribution in [3.05, 3.63) is 17.0 Å². The molecule has 1 saturated heterocycles. The number of carbonyl (C=O) groups is 3. The van der Waals surface area contributed by atoms with E-state index >= 15 is 0 Å². The van der Waals surface area contributed by atoms with E-state index in [1.807, 2.05) is 0 Å². The van der Waals surface area contributed by atoms with E-state index in [4.69, 9.17) is 0 Å². The molecule has 0 spiro atoms. The number of carbonyl (C=O) groups excluding carboxylic acids is 3. The summed E-state index contributed by atoms with van der Waals surface area (Å²) in [6.45, 7) is -0.0117. The van der Waals surface area contributed by atoms with E-state index in [2.05, 4.69) is 9.94 Å². The summed E-state index contributed by atoms with van der Waals surface area (Å²) in [5, 5.41) is 3.29. The molecule has 1 atom stereocenters. The molecule has 3 rings (SSSR count). The molecule has 0 saturated carbocycles. The number of alkyl halides is 5. The lowest BCUT2D eigenvalue weighted by Crippen LogP contribution is -2.34. The summed E-state index contributed by atoms with van der Waals surface area (Å²) < 4.78 is 68.0. The number of amides is 2. The third kappa shape index (κ3) is 2.82. The van der Waals surface area contributed by atoms with Gasteiger partial charge in [-0.2, -0.15) is 27.1 Å². The van der Waals surface area contributed by atoms with Crippen molar-refractivity contribution in [2.45, 2.75) is 44.8 Å². The zero-order chi connectivity index (χ0) is 19.4. The Morgan fingerprint density at radius 1 is 1.27 bits per heavy atom. The van der Waals surface area contributed by atoms with Gasteiger partial charge in [-0.05, 0) is 6.42 Å². The highest BCUT2D eigenvalue weighted by Gasteiger charge is 2.54. The molecule has 1 aromatic heterocycles. The fourth-order valence-corrected chi connectivity index (χ4v) is 2.99. The number of hydrogen-bond acceptors (Lipinski definition) is 5. The molecule has 1 fully saturated rings. The fourth-order valence-electron chi connectivity index (χ4n) is 2.99. The maximum atomic E-state index is 14.3. The van der Waals surface area contributed by atoms with Crippen molar-refractivity contribution < 1.29 is 41.2 Å². The predicted octanol–water partition coefficient (Wildman–Crippen LogP) is 1.79. The first-order valence-corrected chi connectivity index (χ1v) is 7.54. The quantitative estimate of drug-likeness (QED) is 0.589. The van der Waals surface area contributed by atoms with Gasteiger partial charge in [0.2, 0.25) is 0 Å². The maximum absolute atomic E-state index is 14.3. The van der Waals surface area contributed by atoms with Gasteiger partial charge in [0, 0.05) is 24.3 Å². The standard InChI is InChI=1S/C14H12F5N3O4/c1-6-4-7-11(14(17,18)19)20-21(12(7)13(6,15)16)5-10(25)26-22-8(23)2-3-9(22)24/h6H,2-5H2,1H3/t6-/m1/s1. The predicted molar refractivity (Wildman–Crippen MR) is 71.2 cm³/mol. The Morgan fingerprint density at radius 2 is 1.85 bits per heavy atom. The molecule has 142 valence electrons. The minimum absolute atomic E-state index is 0.178. The molecular weight excluding hydrogens is 369 g/mol. The molecule has 1 aliphatic carbocycles. The molecule has 0 aromatic carbocycles. The molecule has 0 radical (unpaired) electrons. The average molecular weight is 381 g/mol. The van der Waals surface area contributed by atoms with Crippen LogP contribution in [-0.2, 0) is 44.3 Å². The van der Waals surface area contributed by atoms with Gasteiger partial charge in [-0.3, -0.25) is 14.3 Å². The second-order valence-electron chi connectivity index (χ2n) is 6.10. The van der Waals surface area contributed by atoms with Crippen LogP contribution in [0.25, 0.3) is 0 Å². The van der Waals surface area contributed by atoms with Crippen molar-refractivity contribution in [1.29, 1.82) is 0 Å². The topological polar surface area (TPSA) is 81.5 Å². The highest BCUT2D eigenvalue weighted by atomic mass is 19.4. The van der Waals surface area contributed by atoms with Crippen LogP contribution < -0.4 is 0 Å². The number of aromatic nitrogens is 2. The summed E-state index contributed by atoms with van der Waals surface area (Å²) in [7, 11) is 0. The van der Waals surface area contributed by atoms with E-state index in [0.29, 0.717) is 0 Å². The van der Waals surface area contributed by atoms with E-state index < -0.39 is 65.7 Å². The SMILES string of the molecule is C[C@@H]1Cc2c(C(F)(F)F)nn(CC(=O)ON3C(=O)CCC3=O)c2C1(F)F. The summed E-state index contributed by atoms with van der Waals surface area (Å²) in [6.07, 6.45) is -5.89. The molecule has 2 heterocycles. The Kier molecular flexibility index (Phi) is 4.03. The number of hydrogen-bond donors (Lipinski definition) is 0. The molecule has 2 aliphatic rings. The van der Waals surface area contributed by atoms with Gasteiger partial charge in [0.25, 0.3) is 17.7 Å². The minimum Gasteiger partial charge on any atom is -0.328 e. The van der Waals surface area contributed by atoms with Crippen LogP contribution in [0.4, 0.5) is 22.0 Å². The van der Waals surface area contributed by atoms with Crippen LogP contribution in [-0.4, -0.2) is 32.6 Å². The third-order valence-electron chi connectivity index (χ3n) is 4.24. The van der Waals surface area contributed by atoms with Crippen molar-refractivity contribution >= 4 is 17.8 Å². The van der Waals surface area contributed by atoms with Crippen LogP contribution in [0.2, 0.25) is 0 Å². The number of imide groups is 1. The molecular formula is C14H12F5N3O4. The van der Waals surface area contributed by atoms with E-state index in [0.717, 1.165) is 6.92 Å². The Bertz CT molecular complexity index is 785. The van der Waals surface area contributed by atoms with Crippen LogP contribution in [0.15, 0.2) is 0 Å². The zero-order valence-electron chi connectivity index (χ0n) is 13.3. The number of hydroxylamine groups is 2. The summed E-state index contributed by atoms with van der Waals surface area (Å²) in [4.78, 5) is 39.1. The molecule has 12 heteroatoms. The second-order valence-corrected chi connectivity index (χ2v) is 6.10. The van der Waals surface area contributed by atoms with Crippen LogP contribution in [0.1, 0.15) is 36.7 Å². The molecule has 0 unspecified atom stereocenters. The monoisotopic (exact) mass is 381 g/mol. The van der Waals surface area contributed by atoms with E-state index in [1.165, 1.54) is 0 Å². The van der Waals surface area contributed by atoms with Crippen LogP contribution >= 0.6 is 0 Å². The first kappa shape index (κ1) is 18.3.